The number of nitriles is 1. The average molecular weight is 439 g/mol. The second kappa shape index (κ2) is 8.16. The zero-order valence-electron chi connectivity index (χ0n) is 15.2. The number of carbonyl (C=O) groups excluding carboxylic acids is 1. The van der Waals surface area contributed by atoms with Crippen LogP contribution in [0.3, 0.4) is 0 Å². The number of rotatable bonds is 6. The summed E-state index contributed by atoms with van der Waals surface area (Å²) in [6, 6.07) is 7.31. The number of carbonyl (C=O) groups is 1. The molecule has 1 saturated carbocycles. The van der Waals surface area contributed by atoms with Crippen molar-refractivity contribution in [3.8, 4) is 11.8 Å². The molecule has 0 spiro atoms. The molecule has 1 fully saturated rings. The van der Waals surface area contributed by atoms with E-state index in [1.807, 2.05) is 6.92 Å². The summed E-state index contributed by atoms with van der Waals surface area (Å²) in [7, 11) is 0. The van der Waals surface area contributed by atoms with Gasteiger partial charge in [0.15, 0.2) is 0 Å². The number of phenolic OH excluding ortho intramolecular Hbond substituents is 1. The van der Waals surface area contributed by atoms with Crippen molar-refractivity contribution in [2.24, 2.45) is 0 Å². The van der Waals surface area contributed by atoms with Gasteiger partial charge < -0.3 is 10.4 Å². The summed E-state index contributed by atoms with van der Waals surface area (Å²) in [5, 5.41) is 21.7. The molecular weight excluding hydrogens is 423 g/mol. The number of nitrogens with one attached hydrogen (secondary N) is 1. The molecule has 2 aromatic rings. The Morgan fingerprint density at radius 3 is 2.69 bits per heavy atom. The topological polar surface area (TPSA) is 86.0 Å². The molecule has 10 heteroatoms. The van der Waals surface area contributed by atoms with E-state index >= 15 is 0 Å². The molecule has 3 rings (SSSR count). The first-order valence-corrected chi connectivity index (χ1v) is 10.4. The average Bonchev–Trinajstić information content (AvgIpc) is 3.45. The summed E-state index contributed by atoms with van der Waals surface area (Å²) in [4.78, 5) is 17.3. The first-order chi connectivity index (χ1) is 13.7. The summed E-state index contributed by atoms with van der Waals surface area (Å²) >= 11 is 1.04. The number of nitrogens with zero attached hydrogens (tertiary/aromatic N) is 2. The van der Waals surface area contributed by atoms with Gasteiger partial charge >= 0.3 is 5.51 Å². The second-order valence-electron chi connectivity index (χ2n) is 6.38. The molecule has 1 aromatic heterocycles. The van der Waals surface area contributed by atoms with Gasteiger partial charge in [-0.25, -0.2) is 4.98 Å². The van der Waals surface area contributed by atoms with Crippen LogP contribution in [0.1, 0.15) is 35.8 Å². The Hall–Kier alpha value is -2.38. The molecule has 152 valence electrons. The molecule has 0 aliphatic heterocycles. The largest absolute Gasteiger partial charge is 0.506 e. The highest BCUT2D eigenvalue weighted by Gasteiger charge is 2.45. The highest BCUT2D eigenvalue weighted by molar-refractivity contribution is 8.00. The number of alkyl halides is 3. The fraction of sp³-hybridized carbons (Fsp3) is 0.316. The zero-order valence-corrected chi connectivity index (χ0v) is 16.8. The van der Waals surface area contributed by atoms with Crippen molar-refractivity contribution < 1.29 is 23.1 Å². The molecule has 1 heterocycles. The van der Waals surface area contributed by atoms with Crippen LogP contribution < -0.4 is 5.32 Å². The van der Waals surface area contributed by atoms with E-state index in [2.05, 4.69) is 16.4 Å². The van der Waals surface area contributed by atoms with Crippen molar-refractivity contribution >= 4 is 35.1 Å². The minimum atomic E-state index is -4.49. The maximum Gasteiger partial charge on any atom is 0.446 e. The lowest BCUT2D eigenvalue weighted by molar-refractivity contribution is -0.0328. The van der Waals surface area contributed by atoms with E-state index in [0.29, 0.717) is 10.6 Å². The van der Waals surface area contributed by atoms with Crippen molar-refractivity contribution in [2.75, 3.05) is 11.1 Å². The van der Waals surface area contributed by atoms with E-state index in [4.69, 9.17) is 0 Å². The molecule has 0 atom stereocenters. The van der Waals surface area contributed by atoms with Crippen LogP contribution >= 0.6 is 23.5 Å². The van der Waals surface area contributed by atoms with Crippen LogP contribution in [-0.2, 0) is 5.41 Å². The molecule has 29 heavy (non-hydrogen) atoms. The molecule has 2 N–H and O–H groups in total. The molecule has 5 nitrogen and oxygen atoms in total. The van der Waals surface area contributed by atoms with Gasteiger partial charge in [-0.05, 0) is 60.2 Å². The number of benzene rings is 1. The van der Waals surface area contributed by atoms with E-state index in [9.17, 15) is 28.3 Å². The van der Waals surface area contributed by atoms with Gasteiger partial charge in [-0.2, -0.15) is 18.4 Å². The quantitative estimate of drug-likeness (QED) is 0.468. The normalized spacial score (nSPS) is 14.9. The Bertz CT molecular complexity index is 986. The third kappa shape index (κ3) is 4.97. The smallest absolute Gasteiger partial charge is 0.446 e. The maximum atomic E-state index is 12.7. The van der Waals surface area contributed by atoms with Crippen LogP contribution in [0.5, 0.6) is 5.75 Å². The SMILES string of the molecule is CCSc1cc(C2(C#N)CC2)cnc1C(=O)Nc1cc(SC(F)(F)F)ccc1O. The summed E-state index contributed by atoms with van der Waals surface area (Å²) in [6.07, 6.45) is 2.97. The lowest BCUT2D eigenvalue weighted by Gasteiger charge is -2.14. The highest BCUT2D eigenvalue weighted by Crippen LogP contribution is 2.48. The summed E-state index contributed by atoms with van der Waals surface area (Å²) < 4.78 is 37.8. The van der Waals surface area contributed by atoms with Crippen molar-refractivity contribution in [1.29, 1.82) is 5.26 Å². The summed E-state index contributed by atoms with van der Waals surface area (Å²) in [6.45, 7) is 1.90. The number of hydrogen-bond donors (Lipinski definition) is 2. The van der Waals surface area contributed by atoms with Crippen LogP contribution in [0.15, 0.2) is 40.3 Å². The molecule has 1 aliphatic rings. The van der Waals surface area contributed by atoms with Gasteiger partial charge in [-0.15, -0.1) is 11.8 Å². The zero-order chi connectivity index (χ0) is 21.2. The van der Waals surface area contributed by atoms with Gasteiger partial charge in [0.2, 0.25) is 0 Å². The maximum absolute atomic E-state index is 12.7. The van der Waals surface area contributed by atoms with Crippen molar-refractivity contribution in [3.05, 3.63) is 41.7 Å². The predicted molar refractivity (Wildman–Crippen MR) is 105 cm³/mol. The standard InChI is InChI=1S/C19H16F3N3O2S2/c1-2-28-15-7-11(18(10-23)5-6-18)9-24-16(15)17(27)25-13-8-12(3-4-14(13)26)29-19(20,21)22/h3-4,7-9,26H,2,5-6H2,1H3,(H,25,27). The number of halogens is 3. The minimum absolute atomic E-state index is 0.0858. The van der Waals surface area contributed by atoms with E-state index in [0.717, 1.165) is 36.6 Å². The number of anilines is 1. The van der Waals surface area contributed by atoms with Crippen LogP contribution in [0.25, 0.3) is 0 Å². The van der Waals surface area contributed by atoms with Gasteiger partial charge in [-0.1, -0.05) is 6.92 Å². The molecule has 1 amide bonds. The van der Waals surface area contributed by atoms with E-state index < -0.39 is 16.8 Å². The molecule has 0 bridgehead atoms. The van der Waals surface area contributed by atoms with Gasteiger partial charge in [0.25, 0.3) is 5.91 Å². The number of phenols is 1. The predicted octanol–water partition coefficient (Wildman–Crippen LogP) is 5.32. The Balaban J connectivity index is 1.87. The number of amides is 1. The number of thioether (sulfide) groups is 2. The fourth-order valence-corrected chi connectivity index (χ4v) is 4.11. The third-order valence-electron chi connectivity index (χ3n) is 4.33. The Kier molecular flexibility index (Phi) is 6.00. The Morgan fingerprint density at radius 2 is 2.10 bits per heavy atom. The molecule has 1 aromatic carbocycles. The van der Waals surface area contributed by atoms with Crippen molar-refractivity contribution in [1.82, 2.24) is 4.98 Å². The second-order valence-corrected chi connectivity index (χ2v) is 8.82. The van der Waals surface area contributed by atoms with E-state index in [1.54, 1.807) is 6.07 Å². The minimum Gasteiger partial charge on any atom is -0.506 e. The lowest BCUT2D eigenvalue weighted by Crippen LogP contribution is -2.16. The Morgan fingerprint density at radius 1 is 1.38 bits per heavy atom. The Labute approximate surface area is 173 Å². The number of hydrogen-bond acceptors (Lipinski definition) is 6. The van der Waals surface area contributed by atoms with Gasteiger partial charge in [0.05, 0.1) is 17.2 Å². The lowest BCUT2D eigenvalue weighted by atomic mass is 9.99. The molecule has 1 aliphatic carbocycles. The summed E-state index contributed by atoms with van der Waals surface area (Å²) in [5.74, 6) is -0.347. The number of aromatic hydroxyl groups is 1. The van der Waals surface area contributed by atoms with Crippen LogP contribution in [0.2, 0.25) is 0 Å². The molecular formula is C19H16F3N3O2S2. The van der Waals surface area contributed by atoms with Crippen LogP contribution in [0, 0.1) is 11.3 Å². The number of aromatic nitrogens is 1. The third-order valence-corrected chi connectivity index (χ3v) is 5.97. The van der Waals surface area contributed by atoms with E-state index in [1.165, 1.54) is 18.0 Å². The van der Waals surface area contributed by atoms with E-state index in [-0.39, 0.29) is 33.8 Å². The molecule has 0 unspecified atom stereocenters. The van der Waals surface area contributed by atoms with Gasteiger partial charge in [0, 0.05) is 16.0 Å². The fourth-order valence-electron chi connectivity index (χ4n) is 2.73. The molecule has 0 saturated heterocycles. The van der Waals surface area contributed by atoms with Crippen molar-refractivity contribution in [2.45, 2.75) is 40.5 Å². The first kappa shape index (κ1) is 21.3. The highest BCUT2D eigenvalue weighted by atomic mass is 32.2. The monoisotopic (exact) mass is 439 g/mol. The van der Waals surface area contributed by atoms with Gasteiger partial charge in [0.1, 0.15) is 11.4 Å². The summed E-state index contributed by atoms with van der Waals surface area (Å²) in [5.41, 5.74) is -4.34. The van der Waals surface area contributed by atoms with Gasteiger partial charge in [-0.3, -0.25) is 4.79 Å². The first-order valence-electron chi connectivity index (χ1n) is 8.62. The molecule has 0 radical (unpaired) electrons. The van der Waals surface area contributed by atoms with Crippen LogP contribution in [0.4, 0.5) is 18.9 Å². The van der Waals surface area contributed by atoms with Crippen LogP contribution in [-0.4, -0.2) is 27.3 Å². The number of pyridine rings is 1. The van der Waals surface area contributed by atoms with Crippen molar-refractivity contribution in [3.63, 3.8) is 0 Å².